The number of rotatable bonds is 10. The number of halogens is 3. The Balaban J connectivity index is 0.000000233. The summed E-state index contributed by atoms with van der Waals surface area (Å²) in [5.41, 5.74) is 2.73. The second kappa shape index (κ2) is 20.3. The first-order valence-corrected chi connectivity index (χ1v) is 16.8. The Morgan fingerprint density at radius 3 is 1.95 bits per heavy atom. The summed E-state index contributed by atoms with van der Waals surface area (Å²) in [5.74, 6) is -0.693. The maximum Gasteiger partial charge on any atom is 2.00 e. The van der Waals surface area contributed by atoms with E-state index in [4.69, 9.17) is 20.0 Å². The van der Waals surface area contributed by atoms with Gasteiger partial charge in [-0.15, -0.1) is 11.3 Å². The van der Waals surface area contributed by atoms with E-state index in [-0.39, 0.29) is 66.6 Å². The molecule has 7 aromatic rings. The van der Waals surface area contributed by atoms with E-state index in [0.717, 1.165) is 26.9 Å². The van der Waals surface area contributed by atoms with E-state index in [2.05, 4.69) is 42.4 Å². The molecule has 57 heavy (non-hydrogen) atoms. The van der Waals surface area contributed by atoms with Gasteiger partial charge in [0, 0.05) is 57.8 Å². The van der Waals surface area contributed by atoms with Crippen LogP contribution in [0.5, 0.6) is 11.5 Å². The van der Waals surface area contributed by atoms with Crippen LogP contribution in [0.15, 0.2) is 116 Å². The Kier molecular flexibility index (Phi) is 15.4. The molecule has 0 aliphatic carbocycles. The maximum absolute atomic E-state index is 12.6. The number of ether oxygens (including phenoxy) is 2. The van der Waals surface area contributed by atoms with Crippen molar-refractivity contribution < 1.29 is 61.6 Å². The van der Waals surface area contributed by atoms with Gasteiger partial charge in [0.25, 0.3) is 12.9 Å². The number of isothiocyanates is 1. The van der Waals surface area contributed by atoms with Gasteiger partial charge in [-0.25, -0.2) is 9.78 Å². The van der Waals surface area contributed by atoms with Crippen LogP contribution in [0.2, 0.25) is 0 Å². The van der Waals surface area contributed by atoms with Crippen molar-refractivity contribution in [1.82, 2.24) is 30.1 Å². The number of carboxylic acids is 1. The average molecular weight is 895 g/mol. The van der Waals surface area contributed by atoms with Crippen molar-refractivity contribution >= 4 is 47.6 Å². The summed E-state index contributed by atoms with van der Waals surface area (Å²) in [7, 11) is 0. The summed E-state index contributed by atoms with van der Waals surface area (Å²) in [5, 5.41) is 24.3. The zero-order chi connectivity index (χ0) is 40.1. The Labute approximate surface area is 342 Å². The number of hydrogen-bond acceptors (Lipinski definition) is 12. The van der Waals surface area contributed by atoms with Crippen molar-refractivity contribution in [1.29, 1.82) is 0 Å². The van der Waals surface area contributed by atoms with Crippen LogP contribution < -0.4 is 14.6 Å². The molecule has 0 fully saturated rings. The van der Waals surface area contributed by atoms with Gasteiger partial charge in [-0.3, -0.25) is 24.5 Å². The monoisotopic (exact) mass is 895 g/mol. The van der Waals surface area contributed by atoms with E-state index in [0.29, 0.717) is 17.1 Å². The second-order valence-electron chi connectivity index (χ2n) is 10.8. The molecule has 0 spiro atoms. The topological polar surface area (TPSA) is 191 Å². The minimum Gasteiger partial charge on any atom is -0.753 e. The van der Waals surface area contributed by atoms with Crippen LogP contribution in [-0.4, -0.2) is 54.2 Å². The van der Waals surface area contributed by atoms with Crippen molar-refractivity contribution in [3.05, 3.63) is 132 Å². The van der Waals surface area contributed by atoms with Gasteiger partial charge >= 0.3 is 31.6 Å². The normalized spacial score (nSPS) is 10.2. The molecule has 6 aromatic heterocycles. The zero-order valence-corrected chi connectivity index (χ0v) is 31.9. The first-order chi connectivity index (χ1) is 27.0. The number of carbonyl (C=O) groups excluding carboxylic acids is 2. The number of carboxylic acid groups (broad SMARTS) is 1. The molecule has 6 heterocycles. The molecule has 0 aliphatic rings. The third-order valence-electron chi connectivity index (χ3n) is 7.23. The molecule has 1 N–H and O–H groups in total. The van der Waals surface area contributed by atoms with E-state index >= 15 is 0 Å². The summed E-state index contributed by atoms with van der Waals surface area (Å²) in [4.78, 5) is 51.5. The van der Waals surface area contributed by atoms with Gasteiger partial charge in [0.2, 0.25) is 0 Å². The molecule has 0 saturated carbocycles. The van der Waals surface area contributed by atoms with Gasteiger partial charge in [-0.2, -0.15) is 18.3 Å². The van der Waals surface area contributed by atoms with Gasteiger partial charge in [0.05, 0.1) is 28.3 Å². The number of hydrogen-bond donors (Lipinski definition) is 1. The molecule has 7 rings (SSSR count). The van der Waals surface area contributed by atoms with Gasteiger partial charge in [-0.1, -0.05) is 48.2 Å². The van der Waals surface area contributed by atoms with Gasteiger partial charge in [0.1, 0.15) is 17.2 Å². The summed E-state index contributed by atoms with van der Waals surface area (Å²) in [6, 6.07) is 27.0. The fourth-order valence-corrected chi connectivity index (χ4v) is 5.78. The van der Waals surface area contributed by atoms with E-state index in [1.807, 2.05) is 48.5 Å². The predicted octanol–water partition coefficient (Wildman–Crippen LogP) is 8.15. The molecule has 286 valence electrons. The number of pyridine rings is 4. The second-order valence-corrected chi connectivity index (χ2v) is 12.0. The fraction of sp³-hybridized carbons (Fsp3) is 0.0263. The molecule has 0 bridgehead atoms. The average Bonchev–Trinajstić information content (AvgIpc) is 3.91. The van der Waals surface area contributed by atoms with Crippen molar-refractivity contribution in [2.24, 2.45) is 0 Å². The number of thiophene rings is 1. The van der Waals surface area contributed by atoms with E-state index in [1.54, 1.807) is 23.6 Å². The summed E-state index contributed by atoms with van der Waals surface area (Å²) >= 11 is 5.33. The SMILES string of the molecule is FC(F)(F)c1cc(-c2ccc(-c3ccc(-c4ccccc4)s3)cn2)[n-]n1.O=COc1ccnc(-c2cc(OC=O)cc(-c3cc(C(=O)O)ccn3)n2)c1.[N-]=C=S.[Ru+2]. The molecule has 13 nitrogen and oxygen atoms in total. The summed E-state index contributed by atoms with van der Waals surface area (Å²) < 4.78 is 47.6. The fourth-order valence-electron chi connectivity index (χ4n) is 4.78. The Hall–Kier alpha value is -6.65. The quantitative estimate of drug-likeness (QED) is 0.0600. The maximum atomic E-state index is 12.6. The minimum absolute atomic E-state index is 0. The smallest absolute Gasteiger partial charge is 0.753 e. The van der Waals surface area contributed by atoms with E-state index < -0.39 is 17.8 Å². The Morgan fingerprint density at radius 2 is 1.37 bits per heavy atom. The number of carbonyl (C=O) groups is 3. The number of nitrogens with zero attached hydrogens (tertiary/aromatic N) is 7. The molecule has 19 heteroatoms. The number of benzene rings is 1. The Morgan fingerprint density at radius 1 is 0.772 bits per heavy atom. The molecular formula is C38H22F3N7O6RuS2. The number of aromatic carboxylic acids is 1. The molecule has 0 unspecified atom stereocenters. The number of alkyl halides is 3. The number of thiocarbonyl (C=S) groups is 1. The van der Waals surface area contributed by atoms with Gasteiger partial charge < -0.3 is 30.2 Å². The molecular weight excluding hydrogens is 873 g/mol. The van der Waals surface area contributed by atoms with Crippen molar-refractivity contribution in [3.8, 4) is 66.5 Å². The predicted molar refractivity (Wildman–Crippen MR) is 202 cm³/mol. The molecule has 0 amide bonds. The molecule has 0 aliphatic heterocycles. The largest absolute Gasteiger partial charge is 2.00 e. The third-order valence-corrected chi connectivity index (χ3v) is 8.42. The third kappa shape index (κ3) is 11.7. The van der Waals surface area contributed by atoms with E-state index in [9.17, 15) is 27.6 Å². The molecule has 0 atom stereocenters. The standard InChI is InChI=1S/C19H11F3N3S.C18H11N3O6.CNS.Ru/c20-19(21,22)18-10-15(24-25-18)14-7-6-13(11-23-14)17-9-8-16(26-17)12-4-2-1-3-5-12;22-9-26-12-2-4-20-15(6-12)17-8-13(27-10-23)7-16(21-17)14-5-11(18(24)25)1-3-19-14;2-1-3;/h1-11H;1-10H,(H,24,25);;/q-1;;-1;+2. The first-order valence-electron chi connectivity index (χ1n) is 15.6. The summed E-state index contributed by atoms with van der Waals surface area (Å²) in [6.07, 6.45) is -0.107. The van der Waals surface area contributed by atoms with Crippen molar-refractivity contribution in [2.45, 2.75) is 6.18 Å². The van der Waals surface area contributed by atoms with Crippen LogP contribution in [-0.2, 0) is 35.2 Å². The van der Waals surface area contributed by atoms with Gasteiger partial charge in [-0.05, 0) is 54.1 Å². The number of aromatic nitrogens is 6. The van der Waals surface area contributed by atoms with Crippen LogP contribution >= 0.6 is 23.6 Å². The molecule has 0 radical (unpaired) electrons. The molecule has 1 aromatic carbocycles. The van der Waals surface area contributed by atoms with Crippen LogP contribution in [0.3, 0.4) is 0 Å². The zero-order valence-electron chi connectivity index (χ0n) is 28.5. The first kappa shape index (κ1) is 43.1. The van der Waals surface area contributed by atoms with Crippen LogP contribution in [0.1, 0.15) is 16.1 Å². The van der Waals surface area contributed by atoms with Gasteiger partial charge in [0.15, 0.2) is 0 Å². The minimum atomic E-state index is -4.50. The Bertz CT molecular complexity index is 2500. The van der Waals surface area contributed by atoms with Crippen LogP contribution in [0.4, 0.5) is 13.2 Å². The van der Waals surface area contributed by atoms with E-state index in [1.165, 1.54) is 54.0 Å². The molecule has 0 saturated heterocycles. The van der Waals surface area contributed by atoms with Crippen LogP contribution in [0, 0.1) is 0 Å². The van der Waals surface area contributed by atoms with Crippen LogP contribution in [0.25, 0.3) is 60.5 Å². The summed E-state index contributed by atoms with van der Waals surface area (Å²) in [6.45, 7) is 0.536. The van der Waals surface area contributed by atoms with Crippen molar-refractivity contribution in [3.63, 3.8) is 0 Å². The van der Waals surface area contributed by atoms with Crippen molar-refractivity contribution in [2.75, 3.05) is 0 Å².